The fourth-order valence-corrected chi connectivity index (χ4v) is 3.57. The van der Waals surface area contributed by atoms with E-state index in [1.165, 1.54) is 4.90 Å². The van der Waals surface area contributed by atoms with Crippen molar-refractivity contribution in [3.8, 4) is 0 Å². The maximum atomic E-state index is 11.6. The second-order valence-electron chi connectivity index (χ2n) is 3.97. The highest BCUT2D eigenvalue weighted by atomic mass is 32.2. The Balaban J connectivity index is 2.00. The molecular formula is C9H10N2O3S. The van der Waals surface area contributed by atoms with Gasteiger partial charge in [-0.25, -0.2) is 0 Å². The van der Waals surface area contributed by atoms with Crippen molar-refractivity contribution < 1.29 is 14.7 Å². The summed E-state index contributed by atoms with van der Waals surface area (Å²) in [6.45, 7) is 0. The minimum absolute atomic E-state index is 0.106. The molecule has 5 nitrogen and oxygen atoms in total. The number of fused-ring (bicyclic) bond motifs is 2. The zero-order chi connectivity index (χ0) is 10.7. The molecule has 1 amide bonds. The molecule has 0 saturated carbocycles. The van der Waals surface area contributed by atoms with Crippen molar-refractivity contribution in [1.29, 1.82) is 0 Å². The van der Waals surface area contributed by atoms with Crippen molar-refractivity contribution in [1.82, 2.24) is 4.90 Å². The Morgan fingerprint density at radius 1 is 1.47 bits per heavy atom. The number of ketones is 1. The van der Waals surface area contributed by atoms with Crippen LogP contribution < -0.4 is 5.73 Å². The molecule has 0 aromatic heterocycles. The largest absolute Gasteiger partial charge is 0.385 e. The van der Waals surface area contributed by atoms with Crippen LogP contribution in [0.2, 0.25) is 0 Å². The molecule has 1 saturated heterocycles. The Hall–Kier alpha value is -0.850. The van der Waals surface area contributed by atoms with Crippen molar-refractivity contribution in [2.24, 2.45) is 5.73 Å². The summed E-state index contributed by atoms with van der Waals surface area (Å²) in [5.41, 5.74) is 6.93. The van der Waals surface area contributed by atoms with Crippen LogP contribution in [-0.2, 0) is 9.59 Å². The van der Waals surface area contributed by atoms with E-state index in [1.807, 2.05) is 0 Å². The molecule has 0 radical (unpaired) electrons. The van der Waals surface area contributed by atoms with Crippen LogP contribution in [0.3, 0.4) is 0 Å². The van der Waals surface area contributed by atoms with E-state index in [0.717, 1.165) is 5.57 Å². The molecule has 0 spiro atoms. The van der Waals surface area contributed by atoms with Gasteiger partial charge in [0.1, 0.15) is 17.5 Å². The zero-order valence-electron chi connectivity index (χ0n) is 7.84. The van der Waals surface area contributed by atoms with Crippen molar-refractivity contribution in [3.05, 3.63) is 11.3 Å². The van der Waals surface area contributed by atoms with Crippen LogP contribution in [0.15, 0.2) is 11.3 Å². The minimum Gasteiger partial charge on any atom is -0.385 e. The minimum atomic E-state index is -0.959. The van der Waals surface area contributed by atoms with E-state index in [-0.39, 0.29) is 17.1 Å². The highest BCUT2D eigenvalue weighted by Gasteiger charge is 2.53. The standard InChI is InChI=1S/C9H10N2O3S/c10-5-8(14)11-6-3(2-15-9(5)11)1-4(12)7(6)13/h4-5,9,12H,1-2,10H2/t4?,5-,9+/m1/s1. The molecule has 80 valence electrons. The van der Waals surface area contributed by atoms with Gasteiger partial charge in [0, 0.05) is 12.2 Å². The molecular weight excluding hydrogens is 216 g/mol. The summed E-state index contributed by atoms with van der Waals surface area (Å²) in [6, 6.07) is -0.491. The number of β-lactam (4-membered cyclic amide) rings is 1. The predicted molar refractivity (Wildman–Crippen MR) is 53.7 cm³/mol. The molecule has 1 aliphatic carbocycles. The lowest BCUT2D eigenvalue weighted by atomic mass is 10.0. The van der Waals surface area contributed by atoms with E-state index < -0.39 is 12.1 Å². The molecule has 0 aromatic rings. The molecule has 3 aliphatic rings. The number of thioether (sulfide) groups is 1. The fourth-order valence-electron chi connectivity index (χ4n) is 2.26. The van der Waals surface area contributed by atoms with E-state index >= 15 is 0 Å². The molecule has 3 N–H and O–H groups in total. The third-order valence-corrected chi connectivity index (χ3v) is 4.42. The average Bonchev–Trinajstić information content (AvgIpc) is 2.52. The van der Waals surface area contributed by atoms with Crippen molar-refractivity contribution in [2.75, 3.05) is 5.75 Å². The van der Waals surface area contributed by atoms with Crippen LogP contribution in [0.25, 0.3) is 0 Å². The number of aliphatic hydroxyl groups is 1. The molecule has 3 rings (SSSR count). The first-order chi connectivity index (χ1) is 7.11. The summed E-state index contributed by atoms with van der Waals surface area (Å²) in [4.78, 5) is 24.6. The number of carbonyl (C=O) groups excluding carboxylic acids is 2. The summed E-state index contributed by atoms with van der Waals surface area (Å²) < 4.78 is 0. The third-order valence-electron chi connectivity index (χ3n) is 3.06. The predicted octanol–water partition coefficient (Wildman–Crippen LogP) is -1.18. The summed E-state index contributed by atoms with van der Waals surface area (Å²) in [5.74, 6) is 0.165. The summed E-state index contributed by atoms with van der Waals surface area (Å²) in [5, 5.41) is 9.33. The van der Waals surface area contributed by atoms with Crippen LogP contribution in [-0.4, -0.2) is 45.0 Å². The molecule has 3 atom stereocenters. The number of amides is 1. The molecule has 6 heteroatoms. The molecule has 0 aromatic carbocycles. The average molecular weight is 226 g/mol. The Bertz CT molecular complexity index is 406. The number of Topliss-reactive ketones (excluding diaryl/α,β-unsaturated/α-hetero) is 1. The van der Waals surface area contributed by atoms with E-state index in [9.17, 15) is 14.7 Å². The zero-order valence-corrected chi connectivity index (χ0v) is 8.66. The molecule has 15 heavy (non-hydrogen) atoms. The van der Waals surface area contributed by atoms with Crippen LogP contribution in [0, 0.1) is 0 Å². The van der Waals surface area contributed by atoms with Crippen molar-refractivity contribution >= 4 is 23.5 Å². The highest BCUT2D eigenvalue weighted by molar-refractivity contribution is 8.00. The van der Waals surface area contributed by atoms with Gasteiger partial charge in [-0.15, -0.1) is 11.8 Å². The number of rotatable bonds is 0. The van der Waals surface area contributed by atoms with Gasteiger partial charge in [0.05, 0.1) is 5.70 Å². The molecule has 2 aliphatic heterocycles. The van der Waals surface area contributed by atoms with Gasteiger partial charge >= 0.3 is 0 Å². The van der Waals surface area contributed by atoms with Gasteiger partial charge in [0.25, 0.3) is 0 Å². The number of aliphatic hydroxyl groups excluding tert-OH is 1. The number of nitrogens with zero attached hydrogens (tertiary/aromatic N) is 1. The Morgan fingerprint density at radius 2 is 2.20 bits per heavy atom. The number of carbonyl (C=O) groups is 2. The van der Waals surface area contributed by atoms with Gasteiger partial charge in [-0.3, -0.25) is 14.5 Å². The van der Waals surface area contributed by atoms with E-state index in [2.05, 4.69) is 0 Å². The molecule has 2 heterocycles. The number of hydrogen-bond donors (Lipinski definition) is 2. The second kappa shape index (κ2) is 2.84. The van der Waals surface area contributed by atoms with Crippen LogP contribution in [0.4, 0.5) is 0 Å². The van der Waals surface area contributed by atoms with Gasteiger partial charge < -0.3 is 10.8 Å². The van der Waals surface area contributed by atoms with E-state index in [0.29, 0.717) is 17.9 Å². The Morgan fingerprint density at radius 3 is 2.93 bits per heavy atom. The maximum Gasteiger partial charge on any atom is 0.248 e. The van der Waals surface area contributed by atoms with Gasteiger partial charge in [0.15, 0.2) is 0 Å². The van der Waals surface area contributed by atoms with Crippen molar-refractivity contribution in [3.63, 3.8) is 0 Å². The SMILES string of the molecule is N[C@@H]1C(=O)N2C3=C(CS[C@@H]12)CC(O)C3=O. The van der Waals surface area contributed by atoms with Gasteiger partial charge in [0.2, 0.25) is 11.7 Å². The third kappa shape index (κ3) is 1.01. The fraction of sp³-hybridized carbons (Fsp3) is 0.556. The summed E-state index contributed by atoms with van der Waals surface area (Å²) >= 11 is 1.56. The Labute approximate surface area is 90.3 Å². The summed E-state index contributed by atoms with van der Waals surface area (Å²) in [7, 11) is 0. The lowest BCUT2D eigenvalue weighted by molar-refractivity contribution is -0.144. The number of hydrogen-bond acceptors (Lipinski definition) is 5. The van der Waals surface area contributed by atoms with Gasteiger partial charge in [-0.2, -0.15) is 0 Å². The van der Waals surface area contributed by atoms with Crippen LogP contribution in [0.1, 0.15) is 6.42 Å². The van der Waals surface area contributed by atoms with E-state index in [4.69, 9.17) is 5.73 Å². The van der Waals surface area contributed by atoms with Gasteiger partial charge in [-0.05, 0) is 5.57 Å². The second-order valence-corrected chi connectivity index (χ2v) is 5.08. The molecule has 0 bridgehead atoms. The molecule has 1 fully saturated rings. The van der Waals surface area contributed by atoms with E-state index in [1.54, 1.807) is 11.8 Å². The maximum absolute atomic E-state index is 11.6. The van der Waals surface area contributed by atoms with Crippen LogP contribution in [0.5, 0.6) is 0 Å². The molecule has 1 unspecified atom stereocenters. The first-order valence-corrected chi connectivity index (χ1v) is 5.80. The quantitative estimate of drug-likeness (QED) is 0.508. The normalized spacial score (nSPS) is 39.1. The first-order valence-electron chi connectivity index (χ1n) is 4.76. The first kappa shape index (κ1) is 9.38. The lowest BCUT2D eigenvalue weighted by Crippen LogP contribution is -2.68. The smallest absolute Gasteiger partial charge is 0.248 e. The summed E-state index contributed by atoms with van der Waals surface area (Å²) in [6.07, 6.45) is -0.591. The van der Waals surface area contributed by atoms with Crippen molar-refractivity contribution in [2.45, 2.75) is 23.9 Å². The highest BCUT2D eigenvalue weighted by Crippen LogP contribution is 2.43. The lowest BCUT2D eigenvalue weighted by Gasteiger charge is -2.47. The van der Waals surface area contributed by atoms with Crippen LogP contribution >= 0.6 is 11.8 Å². The topological polar surface area (TPSA) is 83.6 Å². The number of nitrogens with two attached hydrogens (primary N) is 1. The monoisotopic (exact) mass is 226 g/mol. The Kier molecular flexibility index (Phi) is 1.78. The van der Waals surface area contributed by atoms with Gasteiger partial charge in [-0.1, -0.05) is 0 Å².